The fourth-order valence-electron chi connectivity index (χ4n) is 3.08. The number of carbonyl (C=O) groups is 1. The summed E-state index contributed by atoms with van der Waals surface area (Å²) >= 11 is 1.87. The molecule has 2 aromatic rings. The van der Waals surface area contributed by atoms with E-state index in [0.29, 0.717) is 0 Å². The first kappa shape index (κ1) is 15.6. The summed E-state index contributed by atoms with van der Waals surface area (Å²) in [5, 5.41) is 1.26. The lowest BCUT2D eigenvalue weighted by Crippen LogP contribution is -2.22. The molecule has 1 saturated heterocycles. The molecule has 0 radical (unpaired) electrons. The number of rotatable bonds is 4. The first-order valence-corrected chi connectivity index (χ1v) is 8.88. The van der Waals surface area contributed by atoms with Crippen molar-refractivity contribution in [3.8, 4) is 0 Å². The molecule has 1 atom stereocenters. The summed E-state index contributed by atoms with van der Waals surface area (Å²) in [6.07, 6.45) is 6.08. The molecular formula is C18H24N2OS. The molecule has 4 heteroatoms. The average Bonchev–Trinajstić information content (AvgIpc) is 2.84. The zero-order valence-electron chi connectivity index (χ0n) is 13.6. The van der Waals surface area contributed by atoms with Gasteiger partial charge < -0.3 is 4.57 Å². The predicted molar refractivity (Wildman–Crippen MR) is 93.3 cm³/mol. The second-order valence-corrected chi connectivity index (χ2v) is 7.44. The lowest BCUT2D eigenvalue weighted by atomic mass is 10.2. The minimum Gasteiger partial charge on any atom is -0.337 e. The molecule has 0 spiro atoms. The van der Waals surface area contributed by atoms with Crippen LogP contribution in [0.5, 0.6) is 0 Å². The Hall–Kier alpha value is -1.26. The van der Waals surface area contributed by atoms with Crippen LogP contribution in [0.2, 0.25) is 0 Å². The van der Waals surface area contributed by atoms with Crippen molar-refractivity contribution in [3.63, 3.8) is 0 Å². The van der Waals surface area contributed by atoms with E-state index in [1.54, 1.807) is 6.92 Å². The van der Waals surface area contributed by atoms with E-state index in [9.17, 15) is 4.79 Å². The fraction of sp³-hybridized carbons (Fsp3) is 0.500. The van der Waals surface area contributed by atoms with Crippen LogP contribution in [0.3, 0.4) is 0 Å². The minimum atomic E-state index is -0.100. The van der Waals surface area contributed by atoms with Crippen LogP contribution in [0, 0.1) is 6.92 Å². The first-order valence-electron chi connectivity index (χ1n) is 8.11. The van der Waals surface area contributed by atoms with Crippen LogP contribution >= 0.6 is 11.9 Å². The van der Waals surface area contributed by atoms with Crippen molar-refractivity contribution in [2.24, 2.45) is 0 Å². The number of hydrogen-bond donors (Lipinski definition) is 0. The number of aromatic nitrogens is 1. The molecule has 1 unspecified atom stereocenters. The molecule has 0 saturated carbocycles. The van der Waals surface area contributed by atoms with Crippen molar-refractivity contribution in [1.29, 1.82) is 0 Å². The number of aryl methyl sites for hydroxylation is 1. The highest BCUT2D eigenvalue weighted by Gasteiger charge is 2.16. The fourth-order valence-corrected chi connectivity index (χ4v) is 4.12. The lowest BCUT2D eigenvalue weighted by molar-refractivity contribution is -0.119. The number of Topliss-reactive ketones (excluding diaryl/α,β-unsaturated/α-hetero) is 1. The number of piperidine rings is 1. The predicted octanol–water partition coefficient (Wildman–Crippen LogP) is 4.59. The molecule has 1 aromatic carbocycles. The summed E-state index contributed by atoms with van der Waals surface area (Å²) in [5.41, 5.74) is 2.40. The van der Waals surface area contributed by atoms with Crippen molar-refractivity contribution in [2.45, 2.75) is 51.0 Å². The summed E-state index contributed by atoms with van der Waals surface area (Å²) in [6.45, 7) is 8.12. The quantitative estimate of drug-likeness (QED) is 0.771. The summed E-state index contributed by atoms with van der Waals surface area (Å²) in [7, 11) is 0. The molecule has 1 aromatic heterocycles. The van der Waals surface area contributed by atoms with Crippen LogP contribution in [0.1, 0.15) is 44.7 Å². The molecule has 1 aliphatic rings. The molecule has 1 aliphatic heterocycles. The summed E-state index contributed by atoms with van der Waals surface area (Å²) in [6, 6.07) is 6.52. The van der Waals surface area contributed by atoms with Gasteiger partial charge in [-0.15, -0.1) is 0 Å². The molecular weight excluding hydrogens is 292 g/mol. The van der Waals surface area contributed by atoms with Crippen molar-refractivity contribution in [3.05, 3.63) is 30.0 Å². The zero-order valence-corrected chi connectivity index (χ0v) is 14.4. The van der Waals surface area contributed by atoms with E-state index in [-0.39, 0.29) is 11.8 Å². The smallest absolute Gasteiger partial charge is 0.152 e. The van der Waals surface area contributed by atoms with E-state index in [0.717, 1.165) is 5.52 Å². The number of ketones is 1. The number of benzene rings is 1. The van der Waals surface area contributed by atoms with Gasteiger partial charge in [-0.2, -0.15) is 0 Å². The molecule has 0 bridgehead atoms. The van der Waals surface area contributed by atoms with E-state index in [4.69, 9.17) is 0 Å². The maximum atomic E-state index is 11.7. The largest absolute Gasteiger partial charge is 0.337 e. The van der Waals surface area contributed by atoms with Gasteiger partial charge in [0.25, 0.3) is 0 Å². The standard InChI is InChI=1S/C18H24N2OS/c1-13-12-20(14(2)15(3)21)18-8-7-16(11-17(13)18)22-19-9-5-4-6-10-19/h7-8,11-12,14H,4-6,9-10H2,1-3H3. The van der Waals surface area contributed by atoms with Crippen molar-refractivity contribution in [1.82, 2.24) is 8.87 Å². The number of carbonyl (C=O) groups excluding carboxylic acids is 1. The van der Waals surface area contributed by atoms with Gasteiger partial charge in [0.15, 0.2) is 5.78 Å². The Labute approximate surface area is 136 Å². The van der Waals surface area contributed by atoms with Crippen molar-refractivity contribution >= 4 is 28.6 Å². The SMILES string of the molecule is CC(=O)C(C)n1cc(C)c2cc(SN3CCCCC3)ccc21. The van der Waals surface area contributed by atoms with Crippen LogP contribution in [0.4, 0.5) is 0 Å². The molecule has 1 fully saturated rings. The van der Waals surface area contributed by atoms with Gasteiger partial charge in [-0.05, 0) is 69.3 Å². The van der Waals surface area contributed by atoms with Crippen LogP contribution in [0.25, 0.3) is 10.9 Å². The monoisotopic (exact) mass is 316 g/mol. The maximum Gasteiger partial charge on any atom is 0.152 e. The van der Waals surface area contributed by atoms with E-state index in [2.05, 4.69) is 40.2 Å². The van der Waals surface area contributed by atoms with E-state index < -0.39 is 0 Å². The maximum absolute atomic E-state index is 11.7. The zero-order chi connectivity index (χ0) is 15.7. The van der Waals surface area contributed by atoms with Crippen LogP contribution in [-0.4, -0.2) is 27.7 Å². The Morgan fingerprint density at radius 2 is 1.95 bits per heavy atom. The van der Waals surface area contributed by atoms with Gasteiger partial charge in [0.2, 0.25) is 0 Å². The highest BCUT2D eigenvalue weighted by atomic mass is 32.2. The highest BCUT2D eigenvalue weighted by molar-refractivity contribution is 7.97. The molecule has 3 rings (SSSR count). The normalized spacial score (nSPS) is 17.8. The molecule has 118 valence electrons. The third-order valence-corrected chi connectivity index (χ3v) is 5.65. The molecule has 2 heterocycles. The number of fused-ring (bicyclic) bond motifs is 1. The molecule has 22 heavy (non-hydrogen) atoms. The summed E-state index contributed by atoms with van der Waals surface area (Å²) < 4.78 is 4.57. The van der Waals surface area contributed by atoms with E-state index in [1.165, 1.54) is 48.2 Å². The van der Waals surface area contributed by atoms with Crippen LogP contribution < -0.4 is 0 Å². The molecule has 0 aliphatic carbocycles. The Balaban J connectivity index is 1.90. The Morgan fingerprint density at radius 3 is 2.64 bits per heavy atom. The minimum absolute atomic E-state index is 0.100. The third-order valence-electron chi connectivity index (χ3n) is 4.56. The Kier molecular flexibility index (Phi) is 4.59. The van der Waals surface area contributed by atoms with Crippen molar-refractivity contribution in [2.75, 3.05) is 13.1 Å². The Morgan fingerprint density at radius 1 is 1.23 bits per heavy atom. The van der Waals surface area contributed by atoms with Crippen LogP contribution in [0.15, 0.2) is 29.3 Å². The molecule has 0 amide bonds. The number of hydrogen-bond acceptors (Lipinski definition) is 3. The summed E-state index contributed by atoms with van der Waals surface area (Å²) in [5.74, 6) is 0.198. The van der Waals surface area contributed by atoms with Crippen molar-refractivity contribution < 1.29 is 4.79 Å². The number of nitrogens with zero attached hydrogens (tertiary/aromatic N) is 2. The Bertz CT molecular complexity index is 686. The topological polar surface area (TPSA) is 25.2 Å². The summed E-state index contributed by atoms with van der Waals surface area (Å²) in [4.78, 5) is 13.0. The second kappa shape index (κ2) is 6.47. The van der Waals surface area contributed by atoms with Gasteiger partial charge in [0.05, 0.1) is 6.04 Å². The van der Waals surface area contributed by atoms with Gasteiger partial charge in [-0.3, -0.25) is 4.79 Å². The molecule has 3 nitrogen and oxygen atoms in total. The van der Waals surface area contributed by atoms with E-state index in [1.807, 2.05) is 18.9 Å². The van der Waals surface area contributed by atoms with Gasteiger partial charge in [-0.1, -0.05) is 6.42 Å². The van der Waals surface area contributed by atoms with Gasteiger partial charge >= 0.3 is 0 Å². The first-order chi connectivity index (χ1) is 10.6. The lowest BCUT2D eigenvalue weighted by Gasteiger charge is -2.25. The van der Waals surface area contributed by atoms with Gasteiger partial charge in [-0.25, -0.2) is 4.31 Å². The van der Waals surface area contributed by atoms with Gasteiger partial charge in [0.1, 0.15) is 0 Å². The third kappa shape index (κ3) is 3.08. The van der Waals surface area contributed by atoms with E-state index >= 15 is 0 Å². The molecule has 0 N–H and O–H groups in total. The van der Waals surface area contributed by atoms with Crippen LogP contribution in [-0.2, 0) is 4.79 Å². The second-order valence-electron chi connectivity index (χ2n) is 6.27. The highest BCUT2D eigenvalue weighted by Crippen LogP contribution is 2.32. The van der Waals surface area contributed by atoms with Gasteiger partial charge in [0, 0.05) is 35.1 Å². The average molecular weight is 316 g/mol.